The highest BCUT2D eigenvalue weighted by Gasteiger charge is 1.89. The molecule has 0 radical (unpaired) electrons. The van der Waals surface area contributed by atoms with E-state index in [4.69, 9.17) is 39.0 Å². The molecule has 0 amide bonds. The zero-order chi connectivity index (χ0) is 17.4. The van der Waals surface area contributed by atoms with Gasteiger partial charge in [0.15, 0.2) is 0 Å². The van der Waals surface area contributed by atoms with Crippen molar-refractivity contribution in [2.45, 2.75) is 0 Å². The summed E-state index contributed by atoms with van der Waals surface area (Å²) >= 11 is 0. The molecule has 0 bridgehead atoms. The van der Waals surface area contributed by atoms with E-state index in [1.165, 1.54) is 0 Å². The molecule has 0 fully saturated rings. The fourth-order valence-corrected chi connectivity index (χ4v) is 1.12. The standard InChI is InChI=1S/C9H18O4.C6H14O4/c1-2-4-11-6-8-13-9-7-12-5-3-10;7-1-3-9-5-6-10-4-2-8/h2,10H,1,3-9H2;7-8H,1-6H2. The van der Waals surface area contributed by atoms with E-state index in [0.29, 0.717) is 66.1 Å². The van der Waals surface area contributed by atoms with Crippen LogP contribution in [-0.2, 0) is 23.7 Å². The fraction of sp³-hybridized carbons (Fsp3) is 0.867. The third kappa shape index (κ3) is 30.0. The first kappa shape index (κ1) is 24.7. The zero-order valence-electron chi connectivity index (χ0n) is 13.9. The lowest BCUT2D eigenvalue weighted by Crippen LogP contribution is -2.10. The SMILES string of the molecule is C=CCOCCOCCOCCO.OCCOCCOCCO. The largest absolute Gasteiger partial charge is 0.394 e. The summed E-state index contributed by atoms with van der Waals surface area (Å²) in [6, 6.07) is 0. The lowest BCUT2D eigenvalue weighted by molar-refractivity contribution is 0.0117. The van der Waals surface area contributed by atoms with Gasteiger partial charge < -0.3 is 39.0 Å². The third-order valence-electron chi connectivity index (χ3n) is 2.06. The van der Waals surface area contributed by atoms with Crippen molar-refractivity contribution >= 4 is 0 Å². The normalized spacial score (nSPS) is 10.2. The van der Waals surface area contributed by atoms with Gasteiger partial charge >= 0.3 is 0 Å². The number of aliphatic hydroxyl groups excluding tert-OH is 3. The van der Waals surface area contributed by atoms with Crippen molar-refractivity contribution < 1.29 is 39.0 Å². The molecule has 0 aliphatic carbocycles. The van der Waals surface area contributed by atoms with Crippen molar-refractivity contribution in [2.24, 2.45) is 0 Å². The molecule has 8 heteroatoms. The second kappa shape index (κ2) is 26.3. The molecule has 0 aliphatic rings. The monoisotopic (exact) mass is 340 g/mol. The summed E-state index contributed by atoms with van der Waals surface area (Å²) in [6.45, 7) is 8.43. The average molecular weight is 340 g/mol. The summed E-state index contributed by atoms with van der Waals surface area (Å²) in [4.78, 5) is 0. The number of hydrogen-bond donors (Lipinski definition) is 3. The van der Waals surface area contributed by atoms with Crippen LogP contribution in [0.1, 0.15) is 0 Å². The molecule has 23 heavy (non-hydrogen) atoms. The summed E-state index contributed by atoms with van der Waals surface area (Å²) in [7, 11) is 0. The first-order valence-electron chi connectivity index (χ1n) is 7.65. The molecule has 140 valence electrons. The van der Waals surface area contributed by atoms with E-state index in [-0.39, 0.29) is 19.8 Å². The van der Waals surface area contributed by atoms with Gasteiger partial charge in [0.05, 0.1) is 85.9 Å². The van der Waals surface area contributed by atoms with Gasteiger partial charge in [0, 0.05) is 0 Å². The van der Waals surface area contributed by atoms with Gasteiger partial charge in [0.1, 0.15) is 0 Å². The van der Waals surface area contributed by atoms with E-state index in [9.17, 15) is 0 Å². The van der Waals surface area contributed by atoms with Gasteiger partial charge in [-0.2, -0.15) is 0 Å². The van der Waals surface area contributed by atoms with Gasteiger partial charge in [-0.25, -0.2) is 0 Å². The predicted octanol–water partition coefficient (Wildman–Crippen LogP) is -0.781. The maximum absolute atomic E-state index is 8.37. The molecule has 3 N–H and O–H groups in total. The first-order valence-corrected chi connectivity index (χ1v) is 7.65. The lowest BCUT2D eigenvalue weighted by atomic mass is 10.6. The maximum atomic E-state index is 8.37. The van der Waals surface area contributed by atoms with Crippen LogP contribution >= 0.6 is 0 Å². The molecule has 0 atom stereocenters. The summed E-state index contributed by atoms with van der Waals surface area (Å²) in [5, 5.41) is 24.9. The molecule has 0 spiro atoms. The molecule has 0 saturated carbocycles. The van der Waals surface area contributed by atoms with E-state index < -0.39 is 0 Å². The highest BCUT2D eigenvalue weighted by molar-refractivity contribution is 4.63. The zero-order valence-corrected chi connectivity index (χ0v) is 13.9. The molecule has 0 rings (SSSR count). The van der Waals surface area contributed by atoms with Crippen molar-refractivity contribution in [2.75, 3.05) is 85.9 Å². The first-order chi connectivity index (χ1) is 11.3. The average Bonchev–Trinajstić information content (AvgIpc) is 2.57. The van der Waals surface area contributed by atoms with Crippen LogP contribution in [0.4, 0.5) is 0 Å². The van der Waals surface area contributed by atoms with Crippen LogP contribution in [-0.4, -0.2) is 101 Å². The Morgan fingerprint density at radius 2 is 0.826 bits per heavy atom. The molecule has 0 heterocycles. The minimum atomic E-state index is 0.0417. The van der Waals surface area contributed by atoms with Crippen LogP contribution in [0.2, 0.25) is 0 Å². The second-order valence-electron chi connectivity index (χ2n) is 3.98. The molecule has 8 nitrogen and oxygen atoms in total. The van der Waals surface area contributed by atoms with Crippen LogP contribution in [0.25, 0.3) is 0 Å². The molecule has 0 aliphatic heterocycles. The van der Waals surface area contributed by atoms with E-state index in [2.05, 4.69) is 6.58 Å². The summed E-state index contributed by atoms with van der Waals surface area (Å²) in [5.74, 6) is 0. The molecule has 0 saturated heterocycles. The Bertz CT molecular complexity index is 196. The molecule has 0 unspecified atom stereocenters. The highest BCUT2D eigenvalue weighted by Crippen LogP contribution is 1.81. The predicted molar refractivity (Wildman–Crippen MR) is 85.5 cm³/mol. The van der Waals surface area contributed by atoms with Crippen molar-refractivity contribution in [3.63, 3.8) is 0 Å². The Balaban J connectivity index is 0. The van der Waals surface area contributed by atoms with Crippen LogP contribution < -0.4 is 0 Å². The van der Waals surface area contributed by atoms with E-state index in [0.717, 1.165) is 0 Å². The Kier molecular flexibility index (Phi) is 28.2. The van der Waals surface area contributed by atoms with Crippen molar-refractivity contribution in [1.82, 2.24) is 0 Å². The van der Waals surface area contributed by atoms with E-state index in [1.54, 1.807) is 6.08 Å². The minimum absolute atomic E-state index is 0.0417. The van der Waals surface area contributed by atoms with E-state index in [1.807, 2.05) is 0 Å². The highest BCUT2D eigenvalue weighted by atomic mass is 16.5. The molecule has 0 aromatic rings. The Morgan fingerprint density at radius 1 is 0.522 bits per heavy atom. The lowest BCUT2D eigenvalue weighted by Gasteiger charge is -2.04. The van der Waals surface area contributed by atoms with Crippen molar-refractivity contribution in [3.8, 4) is 0 Å². The molecular formula is C15H32O8. The summed E-state index contributed by atoms with van der Waals surface area (Å²) < 4.78 is 25.0. The smallest absolute Gasteiger partial charge is 0.0704 e. The Hall–Kier alpha value is -0.580. The van der Waals surface area contributed by atoms with Gasteiger partial charge in [0.25, 0.3) is 0 Å². The Morgan fingerprint density at radius 3 is 1.13 bits per heavy atom. The van der Waals surface area contributed by atoms with Crippen molar-refractivity contribution in [1.29, 1.82) is 0 Å². The number of ether oxygens (including phenoxy) is 5. The second-order valence-corrected chi connectivity index (χ2v) is 3.98. The Labute approximate surface area is 138 Å². The summed E-state index contributed by atoms with van der Waals surface area (Å²) in [6.07, 6.45) is 1.70. The van der Waals surface area contributed by atoms with Gasteiger partial charge in [-0.1, -0.05) is 6.08 Å². The molecule has 0 aromatic heterocycles. The van der Waals surface area contributed by atoms with Crippen LogP contribution in [0.5, 0.6) is 0 Å². The number of rotatable bonds is 17. The van der Waals surface area contributed by atoms with Crippen LogP contribution in [0.3, 0.4) is 0 Å². The number of aliphatic hydroxyl groups is 3. The fourth-order valence-electron chi connectivity index (χ4n) is 1.12. The van der Waals surface area contributed by atoms with Gasteiger partial charge in [-0.05, 0) is 0 Å². The van der Waals surface area contributed by atoms with Gasteiger partial charge in [0.2, 0.25) is 0 Å². The van der Waals surface area contributed by atoms with Gasteiger partial charge in [-0.15, -0.1) is 6.58 Å². The number of hydrogen-bond acceptors (Lipinski definition) is 8. The topological polar surface area (TPSA) is 107 Å². The summed E-state index contributed by atoms with van der Waals surface area (Å²) in [5.41, 5.74) is 0. The maximum Gasteiger partial charge on any atom is 0.0704 e. The molecule has 0 aromatic carbocycles. The quantitative estimate of drug-likeness (QED) is 0.234. The van der Waals surface area contributed by atoms with Gasteiger partial charge in [-0.3, -0.25) is 0 Å². The third-order valence-corrected chi connectivity index (χ3v) is 2.06. The van der Waals surface area contributed by atoms with Crippen molar-refractivity contribution in [3.05, 3.63) is 12.7 Å². The molecular weight excluding hydrogens is 308 g/mol. The minimum Gasteiger partial charge on any atom is -0.394 e. The van der Waals surface area contributed by atoms with Crippen LogP contribution in [0.15, 0.2) is 12.7 Å². The van der Waals surface area contributed by atoms with Crippen LogP contribution in [0, 0.1) is 0 Å². The van der Waals surface area contributed by atoms with E-state index >= 15 is 0 Å².